The lowest BCUT2D eigenvalue weighted by Crippen LogP contribution is -2.26. The van der Waals surface area contributed by atoms with Crippen LogP contribution in [0.25, 0.3) is 5.69 Å². The third-order valence-electron chi connectivity index (χ3n) is 4.63. The van der Waals surface area contributed by atoms with Gasteiger partial charge in [-0.15, -0.1) is 0 Å². The van der Waals surface area contributed by atoms with Gasteiger partial charge in [-0.1, -0.05) is 24.3 Å². The first-order valence-corrected chi connectivity index (χ1v) is 10.0. The van der Waals surface area contributed by atoms with E-state index in [2.05, 4.69) is 10.4 Å². The first kappa shape index (κ1) is 21.2. The molecule has 0 fully saturated rings. The number of nitrogens with zero attached hydrogens (tertiary/aromatic N) is 2. The lowest BCUT2D eigenvalue weighted by Gasteiger charge is -2.11. The molecule has 3 aromatic rings. The maximum atomic E-state index is 12.0. The third kappa shape index (κ3) is 5.76. The third-order valence-corrected chi connectivity index (χ3v) is 4.63. The van der Waals surface area contributed by atoms with Crippen molar-refractivity contribution in [2.75, 3.05) is 26.0 Å². The molecule has 1 aromatic heterocycles. The number of para-hydroxylation sites is 1. The molecule has 0 aliphatic carbocycles. The molecule has 0 radical (unpaired) electrons. The molecule has 1 heterocycles. The summed E-state index contributed by atoms with van der Waals surface area (Å²) in [5.74, 6) is 1.87. The molecule has 0 aliphatic heterocycles. The maximum absolute atomic E-state index is 12.0. The second kappa shape index (κ2) is 10.3. The van der Waals surface area contributed by atoms with Crippen LogP contribution in [0.1, 0.15) is 24.1 Å². The van der Waals surface area contributed by atoms with Crippen molar-refractivity contribution in [3.05, 3.63) is 65.9 Å². The average Bonchev–Trinajstić information content (AvgIpc) is 3.13. The number of hydrogen-bond acceptors (Lipinski definition) is 5. The monoisotopic (exact) mass is 408 g/mol. The Morgan fingerprint density at radius 1 is 1.13 bits per heavy atom. The van der Waals surface area contributed by atoms with Crippen molar-refractivity contribution >= 4 is 11.7 Å². The van der Waals surface area contributed by atoms with E-state index in [1.165, 1.54) is 0 Å². The van der Waals surface area contributed by atoms with Crippen molar-refractivity contribution in [3.63, 3.8) is 0 Å². The largest absolute Gasteiger partial charge is 0.493 e. The van der Waals surface area contributed by atoms with Crippen molar-refractivity contribution in [2.24, 2.45) is 0 Å². The Hall–Kier alpha value is -3.48. The van der Waals surface area contributed by atoms with Crippen molar-refractivity contribution in [1.29, 1.82) is 0 Å². The molecule has 0 bridgehead atoms. The lowest BCUT2D eigenvalue weighted by molar-refractivity contribution is -0.121. The zero-order valence-corrected chi connectivity index (χ0v) is 17.4. The first-order chi connectivity index (χ1) is 14.6. The second-order valence-corrected chi connectivity index (χ2v) is 7.01. The van der Waals surface area contributed by atoms with Gasteiger partial charge in [0.25, 0.3) is 0 Å². The summed E-state index contributed by atoms with van der Waals surface area (Å²) in [6, 6.07) is 17.3. The Bertz CT molecular complexity index is 970. The number of rotatable bonds is 10. The quantitative estimate of drug-likeness (QED) is 0.502. The molecular weight excluding hydrogens is 380 g/mol. The Labute approximate surface area is 176 Å². The van der Waals surface area contributed by atoms with E-state index in [0.717, 1.165) is 29.8 Å². The molecule has 3 rings (SSSR count). The minimum atomic E-state index is -0.0459. The number of anilines is 1. The highest BCUT2D eigenvalue weighted by Gasteiger charge is 2.08. The number of carbonyl (C=O) groups excluding carboxylic acids is 1. The van der Waals surface area contributed by atoms with Gasteiger partial charge in [-0.05, 0) is 49.6 Å². The van der Waals surface area contributed by atoms with Crippen LogP contribution >= 0.6 is 0 Å². The van der Waals surface area contributed by atoms with Gasteiger partial charge in [0.05, 0.1) is 31.5 Å². The molecule has 0 aliphatic rings. The minimum Gasteiger partial charge on any atom is -0.493 e. The standard InChI is InChI=1S/C23H28N4O3/c1-17-10-11-20(21(15-17)29-2)30-14-12-23(28)25-13-6-7-18-16-22(24)27(26-18)19-8-4-3-5-9-19/h3-5,8-11,15-16H,6-7,12-14,24H2,1-2H3,(H,25,28). The van der Waals surface area contributed by atoms with Gasteiger partial charge < -0.3 is 20.5 Å². The van der Waals surface area contributed by atoms with E-state index in [1.807, 2.05) is 61.5 Å². The fourth-order valence-corrected chi connectivity index (χ4v) is 3.08. The van der Waals surface area contributed by atoms with Crippen LogP contribution in [-0.4, -0.2) is 35.9 Å². The van der Waals surface area contributed by atoms with Gasteiger partial charge in [0.2, 0.25) is 5.91 Å². The highest BCUT2D eigenvalue weighted by molar-refractivity contribution is 5.75. The Kier molecular flexibility index (Phi) is 7.32. The van der Waals surface area contributed by atoms with E-state index in [9.17, 15) is 4.79 Å². The summed E-state index contributed by atoms with van der Waals surface area (Å²) in [5, 5.41) is 7.46. The van der Waals surface area contributed by atoms with E-state index in [-0.39, 0.29) is 12.3 Å². The van der Waals surface area contributed by atoms with Gasteiger partial charge in [-0.25, -0.2) is 4.68 Å². The molecule has 158 valence electrons. The van der Waals surface area contributed by atoms with Crippen molar-refractivity contribution in [1.82, 2.24) is 15.1 Å². The molecule has 7 heteroatoms. The molecule has 0 saturated heterocycles. The lowest BCUT2D eigenvalue weighted by atomic mass is 10.2. The summed E-state index contributed by atoms with van der Waals surface area (Å²) in [6.45, 7) is 2.86. The van der Waals surface area contributed by atoms with Gasteiger partial charge in [0.1, 0.15) is 5.82 Å². The fourth-order valence-electron chi connectivity index (χ4n) is 3.08. The van der Waals surface area contributed by atoms with Crippen LogP contribution in [-0.2, 0) is 11.2 Å². The number of benzene rings is 2. The molecule has 0 saturated carbocycles. The molecule has 0 spiro atoms. The first-order valence-electron chi connectivity index (χ1n) is 10.0. The van der Waals surface area contributed by atoms with Crippen molar-refractivity contribution < 1.29 is 14.3 Å². The number of aryl methyl sites for hydroxylation is 2. The van der Waals surface area contributed by atoms with E-state index >= 15 is 0 Å². The highest BCUT2D eigenvalue weighted by atomic mass is 16.5. The van der Waals surface area contributed by atoms with Gasteiger partial charge in [0, 0.05) is 12.6 Å². The summed E-state index contributed by atoms with van der Waals surface area (Å²) < 4.78 is 12.7. The van der Waals surface area contributed by atoms with Gasteiger partial charge in [0.15, 0.2) is 11.5 Å². The van der Waals surface area contributed by atoms with Gasteiger partial charge >= 0.3 is 0 Å². The number of nitrogens with two attached hydrogens (primary N) is 1. The van der Waals surface area contributed by atoms with Crippen molar-refractivity contribution in [2.45, 2.75) is 26.2 Å². The van der Waals surface area contributed by atoms with Crippen LogP contribution < -0.4 is 20.5 Å². The zero-order chi connectivity index (χ0) is 21.3. The van der Waals surface area contributed by atoms with Gasteiger partial charge in [-0.3, -0.25) is 4.79 Å². The molecule has 30 heavy (non-hydrogen) atoms. The fraction of sp³-hybridized carbons (Fsp3) is 0.304. The van der Waals surface area contributed by atoms with Crippen LogP contribution in [0.15, 0.2) is 54.6 Å². The van der Waals surface area contributed by atoms with Crippen LogP contribution in [0.2, 0.25) is 0 Å². The van der Waals surface area contributed by atoms with Crippen LogP contribution in [0.5, 0.6) is 11.5 Å². The SMILES string of the molecule is COc1cc(C)ccc1OCCC(=O)NCCCc1cc(N)n(-c2ccccc2)n1. The summed E-state index contributed by atoms with van der Waals surface area (Å²) in [6.07, 6.45) is 1.80. The molecule has 0 unspecified atom stereocenters. The normalized spacial score (nSPS) is 10.6. The minimum absolute atomic E-state index is 0.0459. The number of carbonyl (C=O) groups is 1. The second-order valence-electron chi connectivity index (χ2n) is 7.01. The number of nitrogen functional groups attached to an aromatic ring is 1. The number of hydrogen-bond donors (Lipinski definition) is 2. The van der Waals surface area contributed by atoms with Crippen molar-refractivity contribution in [3.8, 4) is 17.2 Å². The smallest absolute Gasteiger partial charge is 0.223 e. The molecular formula is C23H28N4O3. The molecule has 1 amide bonds. The molecule has 7 nitrogen and oxygen atoms in total. The average molecular weight is 409 g/mol. The number of nitrogens with one attached hydrogen (secondary N) is 1. The zero-order valence-electron chi connectivity index (χ0n) is 17.4. The van der Waals surface area contributed by atoms with E-state index < -0.39 is 0 Å². The summed E-state index contributed by atoms with van der Waals surface area (Å²) in [7, 11) is 1.60. The van der Waals surface area contributed by atoms with Gasteiger partial charge in [-0.2, -0.15) is 5.10 Å². The predicted molar refractivity (Wildman–Crippen MR) is 117 cm³/mol. The van der Waals surface area contributed by atoms with E-state index in [1.54, 1.807) is 11.8 Å². The maximum Gasteiger partial charge on any atom is 0.223 e. The molecule has 3 N–H and O–H groups in total. The summed E-state index contributed by atoms with van der Waals surface area (Å²) in [4.78, 5) is 12.0. The van der Waals surface area contributed by atoms with E-state index in [4.69, 9.17) is 15.2 Å². The summed E-state index contributed by atoms with van der Waals surface area (Å²) >= 11 is 0. The molecule has 2 aromatic carbocycles. The number of methoxy groups -OCH3 is 1. The van der Waals surface area contributed by atoms with Crippen LogP contribution in [0.3, 0.4) is 0 Å². The number of aromatic nitrogens is 2. The molecule has 0 atom stereocenters. The van der Waals surface area contributed by atoms with Crippen LogP contribution in [0, 0.1) is 6.92 Å². The van der Waals surface area contributed by atoms with Crippen LogP contribution in [0.4, 0.5) is 5.82 Å². The highest BCUT2D eigenvalue weighted by Crippen LogP contribution is 2.27. The Morgan fingerprint density at radius 3 is 2.70 bits per heavy atom. The Balaban J connectivity index is 1.37. The predicted octanol–water partition coefficient (Wildman–Crippen LogP) is 3.29. The topological polar surface area (TPSA) is 91.4 Å². The summed E-state index contributed by atoms with van der Waals surface area (Å²) in [5.41, 5.74) is 8.99. The van der Waals surface area contributed by atoms with E-state index in [0.29, 0.717) is 30.5 Å². The number of amides is 1. The Morgan fingerprint density at radius 2 is 1.93 bits per heavy atom. The number of ether oxygens (including phenoxy) is 2.